The third-order valence-corrected chi connectivity index (χ3v) is 3.47. The zero-order chi connectivity index (χ0) is 11.0. The second kappa shape index (κ2) is 3.88. The van der Waals surface area contributed by atoms with Gasteiger partial charge in [-0.1, -0.05) is 0 Å². The van der Waals surface area contributed by atoms with Crippen LogP contribution in [0.3, 0.4) is 0 Å². The van der Waals surface area contributed by atoms with E-state index in [2.05, 4.69) is 4.98 Å². The highest BCUT2D eigenvalue weighted by molar-refractivity contribution is 7.71. The van der Waals surface area contributed by atoms with Crippen LogP contribution >= 0.6 is 23.6 Å². The number of aryl methyl sites for hydroxylation is 1. The number of fused-ring (bicyclic) bond motifs is 1. The van der Waals surface area contributed by atoms with Crippen molar-refractivity contribution in [1.82, 2.24) is 9.55 Å². The Kier molecular flexibility index (Phi) is 2.72. The Labute approximate surface area is 94.8 Å². The quantitative estimate of drug-likeness (QED) is 0.783. The van der Waals surface area contributed by atoms with E-state index < -0.39 is 0 Å². The van der Waals surface area contributed by atoms with Crippen molar-refractivity contribution in [2.75, 3.05) is 6.61 Å². The number of thiophene rings is 1. The van der Waals surface area contributed by atoms with Gasteiger partial charge in [0.15, 0.2) is 4.77 Å². The van der Waals surface area contributed by atoms with Crippen molar-refractivity contribution in [2.24, 2.45) is 0 Å². The molecule has 0 aliphatic carbocycles. The van der Waals surface area contributed by atoms with Crippen LogP contribution in [-0.2, 0) is 6.54 Å². The minimum atomic E-state index is -0.124. The first-order valence-corrected chi connectivity index (χ1v) is 5.70. The van der Waals surface area contributed by atoms with Gasteiger partial charge < -0.3 is 10.1 Å². The number of rotatable bonds is 2. The summed E-state index contributed by atoms with van der Waals surface area (Å²) in [7, 11) is 0. The Morgan fingerprint density at radius 3 is 3.07 bits per heavy atom. The van der Waals surface area contributed by atoms with Crippen LogP contribution < -0.4 is 5.56 Å². The summed E-state index contributed by atoms with van der Waals surface area (Å²) in [5.74, 6) is 0. The number of H-pyrrole nitrogens is 1. The lowest BCUT2D eigenvalue weighted by Crippen LogP contribution is -2.22. The van der Waals surface area contributed by atoms with E-state index in [1.807, 2.05) is 13.0 Å². The molecule has 15 heavy (non-hydrogen) atoms. The molecule has 0 saturated heterocycles. The molecule has 0 bridgehead atoms. The molecule has 0 fully saturated rings. The first kappa shape index (κ1) is 10.5. The monoisotopic (exact) mass is 242 g/mol. The predicted octanol–water partition coefficient (Wildman–Crippen LogP) is 1.42. The molecule has 2 aromatic heterocycles. The lowest BCUT2D eigenvalue weighted by Gasteiger charge is -2.02. The molecule has 0 saturated carbocycles. The van der Waals surface area contributed by atoms with Crippen molar-refractivity contribution in [3.05, 3.63) is 26.1 Å². The van der Waals surface area contributed by atoms with Crippen LogP contribution in [0.5, 0.6) is 0 Å². The van der Waals surface area contributed by atoms with Gasteiger partial charge >= 0.3 is 0 Å². The number of aromatic nitrogens is 2. The molecule has 2 N–H and O–H groups in total. The largest absolute Gasteiger partial charge is 0.395 e. The van der Waals surface area contributed by atoms with Gasteiger partial charge in [-0.3, -0.25) is 9.36 Å². The summed E-state index contributed by atoms with van der Waals surface area (Å²) >= 11 is 6.48. The summed E-state index contributed by atoms with van der Waals surface area (Å²) in [4.78, 5) is 16.0. The van der Waals surface area contributed by atoms with E-state index in [-0.39, 0.29) is 18.7 Å². The fourth-order valence-electron chi connectivity index (χ4n) is 1.47. The van der Waals surface area contributed by atoms with Gasteiger partial charge in [0.25, 0.3) is 5.56 Å². The second-order valence-electron chi connectivity index (χ2n) is 3.21. The first-order chi connectivity index (χ1) is 7.13. The van der Waals surface area contributed by atoms with E-state index in [0.717, 1.165) is 10.4 Å². The Morgan fingerprint density at radius 2 is 2.40 bits per heavy atom. The minimum absolute atomic E-state index is 0.0900. The van der Waals surface area contributed by atoms with Gasteiger partial charge in [0.05, 0.1) is 18.7 Å². The molecule has 0 aliphatic heterocycles. The number of hydrogen-bond donors (Lipinski definition) is 2. The van der Waals surface area contributed by atoms with Gasteiger partial charge in [-0.2, -0.15) is 0 Å². The normalized spacial score (nSPS) is 11.1. The van der Waals surface area contributed by atoms with Crippen molar-refractivity contribution in [3.63, 3.8) is 0 Å². The van der Waals surface area contributed by atoms with Crippen LogP contribution in [0.2, 0.25) is 0 Å². The third-order valence-electron chi connectivity index (χ3n) is 2.11. The molecular formula is C9H10N2O2S2. The molecule has 0 spiro atoms. The van der Waals surface area contributed by atoms with Gasteiger partial charge in [0, 0.05) is 4.88 Å². The van der Waals surface area contributed by atoms with Crippen LogP contribution in [0.25, 0.3) is 10.2 Å². The molecule has 2 aromatic rings. The highest BCUT2D eigenvalue weighted by atomic mass is 32.1. The van der Waals surface area contributed by atoms with Gasteiger partial charge in [0.2, 0.25) is 0 Å². The van der Waals surface area contributed by atoms with Crippen LogP contribution in [0, 0.1) is 11.7 Å². The summed E-state index contributed by atoms with van der Waals surface area (Å²) in [5, 5.41) is 8.83. The fraction of sp³-hybridized carbons (Fsp3) is 0.333. The number of nitrogens with zero attached hydrogens (tertiary/aromatic N) is 1. The number of nitrogens with one attached hydrogen (secondary N) is 1. The molecule has 2 rings (SSSR count). The summed E-state index contributed by atoms with van der Waals surface area (Å²) in [5.41, 5.74) is 0.655. The van der Waals surface area contributed by atoms with Crippen LogP contribution in [0.1, 0.15) is 4.88 Å². The lowest BCUT2D eigenvalue weighted by molar-refractivity contribution is 0.273. The Hall–Kier alpha value is -0.980. The van der Waals surface area contributed by atoms with Crippen LogP contribution in [0.15, 0.2) is 10.9 Å². The number of aliphatic hydroxyl groups excluding tert-OH is 1. The molecule has 0 unspecified atom stereocenters. The maximum absolute atomic E-state index is 11.9. The second-order valence-corrected chi connectivity index (χ2v) is 4.85. The topological polar surface area (TPSA) is 58.0 Å². The van der Waals surface area contributed by atoms with Crippen molar-refractivity contribution >= 4 is 33.8 Å². The van der Waals surface area contributed by atoms with Gasteiger partial charge in [0.1, 0.15) is 4.70 Å². The molecule has 80 valence electrons. The Bertz CT molecular complexity index is 609. The summed E-state index contributed by atoms with van der Waals surface area (Å²) in [6, 6.07) is 1.90. The zero-order valence-electron chi connectivity index (χ0n) is 8.11. The molecule has 0 atom stereocenters. The molecule has 0 amide bonds. The maximum atomic E-state index is 11.9. The minimum Gasteiger partial charge on any atom is -0.395 e. The van der Waals surface area contributed by atoms with E-state index >= 15 is 0 Å². The standard InChI is InChI=1S/C9H10N2O2S2/c1-5-4-6-7(15-5)8(13)11(2-3-12)9(14)10-6/h4,12H,2-3H2,1H3,(H,10,14). The highest BCUT2D eigenvalue weighted by Gasteiger charge is 2.07. The smallest absolute Gasteiger partial charge is 0.272 e. The fourth-order valence-corrected chi connectivity index (χ4v) is 2.67. The number of aromatic amines is 1. The average molecular weight is 242 g/mol. The zero-order valence-corrected chi connectivity index (χ0v) is 9.74. The predicted molar refractivity (Wildman–Crippen MR) is 63.1 cm³/mol. The third kappa shape index (κ3) is 1.75. The summed E-state index contributed by atoms with van der Waals surface area (Å²) in [6.45, 7) is 2.09. The molecular weight excluding hydrogens is 232 g/mol. The maximum Gasteiger partial charge on any atom is 0.272 e. The van der Waals surface area contributed by atoms with Crippen molar-refractivity contribution < 1.29 is 5.11 Å². The lowest BCUT2D eigenvalue weighted by atomic mass is 10.4. The Balaban J connectivity index is 2.83. The Morgan fingerprint density at radius 1 is 1.67 bits per heavy atom. The van der Waals surface area contributed by atoms with Crippen molar-refractivity contribution in [1.29, 1.82) is 0 Å². The molecule has 0 aliphatic rings. The molecule has 4 nitrogen and oxygen atoms in total. The van der Waals surface area contributed by atoms with Gasteiger partial charge in [-0.05, 0) is 25.2 Å². The van der Waals surface area contributed by atoms with Gasteiger partial charge in [-0.15, -0.1) is 11.3 Å². The molecule has 6 heteroatoms. The summed E-state index contributed by atoms with van der Waals surface area (Å²) < 4.78 is 2.40. The van der Waals surface area contributed by atoms with Gasteiger partial charge in [-0.25, -0.2) is 0 Å². The van der Waals surface area contributed by atoms with E-state index in [1.54, 1.807) is 0 Å². The van der Waals surface area contributed by atoms with E-state index in [9.17, 15) is 4.79 Å². The first-order valence-electron chi connectivity index (χ1n) is 4.47. The van der Waals surface area contributed by atoms with E-state index in [4.69, 9.17) is 17.3 Å². The SMILES string of the molecule is Cc1cc2[nH]c(=S)n(CCO)c(=O)c2s1. The molecule has 0 aromatic carbocycles. The molecule has 0 radical (unpaired) electrons. The van der Waals surface area contributed by atoms with E-state index in [1.165, 1.54) is 15.9 Å². The van der Waals surface area contributed by atoms with E-state index in [0.29, 0.717) is 9.47 Å². The van der Waals surface area contributed by atoms with Crippen molar-refractivity contribution in [2.45, 2.75) is 13.5 Å². The highest BCUT2D eigenvalue weighted by Crippen LogP contribution is 2.19. The number of aliphatic hydroxyl groups is 1. The number of hydrogen-bond acceptors (Lipinski definition) is 4. The summed E-state index contributed by atoms with van der Waals surface area (Å²) in [6.07, 6.45) is 0. The van der Waals surface area contributed by atoms with Crippen LogP contribution in [0.4, 0.5) is 0 Å². The van der Waals surface area contributed by atoms with Crippen molar-refractivity contribution in [3.8, 4) is 0 Å². The average Bonchev–Trinajstić information content (AvgIpc) is 2.53. The van der Waals surface area contributed by atoms with Crippen LogP contribution in [-0.4, -0.2) is 21.3 Å². The molecule has 2 heterocycles.